The predicted molar refractivity (Wildman–Crippen MR) is 93.3 cm³/mol. The number of benzene rings is 2. The summed E-state index contributed by atoms with van der Waals surface area (Å²) >= 11 is 0. The molecule has 1 fully saturated rings. The maximum Gasteiger partial charge on any atom is 0.573 e. The molecule has 2 aromatic carbocycles. The molecular formula is C18H15F3N2O3S. The lowest BCUT2D eigenvalue weighted by atomic mass is 9.93. The molecule has 1 N–H and O–H groups in total. The molecule has 1 aliphatic heterocycles. The van der Waals surface area contributed by atoms with Crippen LogP contribution in [0.2, 0.25) is 0 Å². The van der Waals surface area contributed by atoms with Crippen LogP contribution in [0.5, 0.6) is 5.75 Å². The molecule has 0 atom stereocenters. The van der Waals surface area contributed by atoms with Crippen molar-refractivity contribution in [3.8, 4) is 5.75 Å². The second kappa shape index (κ2) is 6.28. The molecule has 2 heterocycles. The fourth-order valence-corrected chi connectivity index (χ4v) is 4.57. The molecule has 0 spiro atoms. The van der Waals surface area contributed by atoms with Crippen LogP contribution in [0.3, 0.4) is 0 Å². The first-order chi connectivity index (χ1) is 12.8. The van der Waals surface area contributed by atoms with Gasteiger partial charge in [-0.25, -0.2) is 12.4 Å². The van der Waals surface area contributed by atoms with Gasteiger partial charge in [-0.3, -0.25) is 0 Å². The number of nitrogens with one attached hydrogen (secondary N) is 1. The Balaban J connectivity index is 1.79. The lowest BCUT2D eigenvalue weighted by Gasteiger charge is -2.27. The molecule has 1 saturated heterocycles. The third kappa shape index (κ3) is 3.28. The fourth-order valence-electron chi connectivity index (χ4n) is 3.10. The van der Waals surface area contributed by atoms with E-state index in [2.05, 4.69) is 10.1 Å². The summed E-state index contributed by atoms with van der Waals surface area (Å²) in [5.41, 5.74) is 1.49. The Kier molecular flexibility index (Phi) is 4.15. The van der Waals surface area contributed by atoms with Gasteiger partial charge < -0.3 is 10.1 Å². The van der Waals surface area contributed by atoms with Crippen LogP contribution in [0.25, 0.3) is 10.9 Å². The Morgan fingerprint density at radius 1 is 1.07 bits per heavy atom. The summed E-state index contributed by atoms with van der Waals surface area (Å²) in [6, 6.07) is 11.8. The number of halogens is 3. The molecular weight excluding hydrogens is 381 g/mol. The van der Waals surface area contributed by atoms with Crippen molar-refractivity contribution >= 4 is 20.9 Å². The SMILES string of the molecule is O=S(=O)(c1ccccc1OC(F)(F)F)n1ccc2cc(C3CNC3)ccc21. The van der Waals surface area contributed by atoms with Crippen LogP contribution in [-0.2, 0) is 10.0 Å². The number of hydrogen-bond acceptors (Lipinski definition) is 4. The van der Waals surface area contributed by atoms with Crippen LogP contribution in [0.15, 0.2) is 59.6 Å². The first-order valence-corrected chi connectivity index (χ1v) is 9.62. The predicted octanol–water partition coefficient (Wildman–Crippen LogP) is 3.46. The van der Waals surface area contributed by atoms with Crippen molar-refractivity contribution in [3.63, 3.8) is 0 Å². The van der Waals surface area contributed by atoms with Gasteiger partial charge in [0.25, 0.3) is 10.0 Å². The minimum Gasteiger partial charge on any atom is -0.404 e. The molecule has 1 aromatic heterocycles. The summed E-state index contributed by atoms with van der Waals surface area (Å²) < 4.78 is 68.8. The van der Waals surface area contributed by atoms with Crippen LogP contribution in [0, 0.1) is 0 Å². The minimum atomic E-state index is -4.99. The Labute approximate surface area is 153 Å². The number of ether oxygens (including phenoxy) is 1. The van der Waals surface area contributed by atoms with Gasteiger partial charge in [-0.1, -0.05) is 18.2 Å². The maximum absolute atomic E-state index is 13.0. The molecule has 5 nitrogen and oxygen atoms in total. The van der Waals surface area contributed by atoms with Gasteiger partial charge in [0.2, 0.25) is 0 Å². The van der Waals surface area contributed by atoms with Gasteiger partial charge >= 0.3 is 6.36 Å². The van der Waals surface area contributed by atoms with Gasteiger partial charge in [-0.15, -0.1) is 13.2 Å². The normalized spacial score (nSPS) is 15.7. The third-order valence-corrected chi connectivity index (χ3v) is 6.27. The Hall–Kier alpha value is -2.52. The van der Waals surface area contributed by atoms with Gasteiger partial charge in [0, 0.05) is 30.6 Å². The highest BCUT2D eigenvalue weighted by molar-refractivity contribution is 7.90. The number of para-hydroxylation sites is 1. The quantitative estimate of drug-likeness (QED) is 0.734. The van der Waals surface area contributed by atoms with Gasteiger partial charge in [0.05, 0.1) is 5.52 Å². The van der Waals surface area contributed by atoms with E-state index in [0.29, 0.717) is 16.8 Å². The molecule has 27 heavy (non-hydrogen) atoms. The first-order valence-electron chi connectivity index (χ1n) is 8.18. The highest BCUT2D eigenvalue weighted by Crippen LogP contribution is 2.33. The largest absolute Gasteiger partial charge is 0.573 e. The molecule has 0 saturated carbocycles. The fraction of sp³-hybridized carbons (Fsp3) is 0.222. The summed E-state index contributed by atoms with van der Waals surface area (Å²) in [7, 11) is -4.27. The number of hydrogen-bond donors (Lipinski definition) is 1. The average Bonchev–Trinajstić information content (AvgIpc) is 2.96. The van der Waals surface area contributed by atoms with Crippen molar-refractivity contribution in [2.75, 3.05) is 13.1 Å². The molecule has 1 aliphatic rings. The molecule has 0 bridgehead atoms. The zero-order chi connectivity index (χ0) is 19.2. The Morgan fingerprint density at radius 3 is 2.48 bits per heavy atom. The molecule has 0 amide bonds. The number of nitrogens with zero attached hydrogens (tertiary/aromatic N) is 1. The lowest BCUT2D eigenvalue weighted by molar-refractivity contribution is -0.275. The summed E-state index contributed by atoms with van der Waals surface area (Å²) in [6.45, 7) is 1.74. The Bertz CT molecular complexity index is 1100. The molecule has 3 aromatic rings. The van der Waals surface area contributed by atoms with Crippen molar-refractivity contribution in [1.29, 1.82) is 0 Å². The van der Waals surface area contributed by atoms with Crippen LogP contribution >= 0.6 is 0 Å². The van der Waals surface area contributed by atoms with E-state index in [-0.39, 0.29) is 0 Å². The van der Waals surface area contributed by atoms with E-state index in [1.54, 1.807) is 12.1 Å². The van der Waals surface area contributed by atoms with E-state index in [1.807, 2.05) is 12.1 Å². The van der Waals surface area contributed by atoms with E-state index >= 15 is 0 Å². The van der Waals surface area contributed by atoms with E-state index in [1.165, 1.54) is 18.3 Å². The van der Waals surface area contributed by atoms with Crippen LogP contribution in [-0.4, -0.2) is 31.8 Å². The zero-order valence-electron chi connectivity index (χ0n) is 13.9. The maximum atomic E-state index is 13.0. The molecule has 142 valence electrons. The molecule has 0 radical (unpaired) electrons. The summed E-state index contributed by atoms with van der Waals surface area (Å²) in [6.07, 6.45) is -3.65. The van der Waals surface area contributed by atoms with Crippen LogP contribution in [0.4, 0.5) is 13.2 Å². The van der Waals surface area contributed by atoms with Crippen LogP contribution < -0.4 is 10.1 Å². The first kappa shape index (κ1) is 17.9. The smallest absolute Gasteiger partial charge is 0.404 e. The zero-order valence-corrected chi connectivity index (χ0v) is 14.7. The minimum absolute atomic E-state index is 0.385. The van der Waals surface area contributed by atoms with Gasteiger partial charge in [-0.05, 0) is 35.9 Å². The lowest BCUT2D eigenvalue weighted by Crippen LogP contribution is -2.39. The number of fused-ring (bicyclic) bond motifs is 1. The van der Waals surface area contributed by atoms with Crippen molar-refractivity contribution < 1.29 is 26.3 Å². The second-order valence-electron chi connectivity index (χ2n) is 6.28. The highest BCUT2D eigenvalue weighted by atomic mass is 32.2. The van der Waals surface area contributed by atoms with Crippen molar-refractivity contribution in [2.24, 2.45) is 0 Å². The van der Waals surface area contributed by atoms with Gasteiger partial charge in [0.15, 0.2) is 0 Å². The Morgan fingerprint density at radius 2 is 1.81 bits per heavy atom. The monoisotopic (exact) mass is 396 g/mol. The second-order valence-corrected chi connectivity index (χ2v) is 8.07. The van der Waals surface area contributed by atoms with E-state index in [4.69, 9.17) is 0 Å². The van der Waals surface area contributed by atoms with E-state index in [9.17, 15) is 21.6 Å². The molecule has 9 heteroatoms. The third-order valence-electron chi connectivity index (χ3n) is 4.54. The summed E-state index contributed by atoms with van der Waals surface area (Å²) in [5.74, 6) is -0.376. The van der Waals surface area contributed by atoms with E-state index in [0.717, 1.165) is 34.8 Å². The van der Waals surface area contributed by atoms with Crippen molar-refractivity contribution in [1.82, 2.24) is 9.29 Å². The van der Waals surface area contributed by atoms with Crippen molar-refractivity contribution in [2.45, 2.75) is 17.2 Å². The number of alkyl halides is 3. The molecule has 0 unspecified atom stereocenters. The standard InChI is InChI=1S/C18H15F3N2O3S/c19-18(20,21)26-16-3-1-2-4-17(16)27(24,25)23-8-7-13-9-12(5-6-15(13)23)14-10-22-11-14/h1-9,14,22H,10-11H2. The number of aromatic nitrogens is 1. The van der Waals surface area contributed by atoms with Crippen molar-refractivity contribution in [3.05, 3.63) is 60.3 Å². The topological polar surface area (TPSA) is 60.3 Å². The van der Waals surface area contributed by atoms with Gasteiger partial charge in [-0.2, -0.15) is 0 Å². The van der Waals surface area contributed by atoms with Crippen LogP contribution in [0.1, 0.15) is 11.5 Å². The average molecular weight is 396 g/mol. The molecule has 4 rings (SSSR count). The van der Waals surface area contributed by atoms with Gasteiger partial charge in [0.1, 0.15) is 10.6 Å². The molecule has 0 aliphatic carbocycles. The summed E-state index contributed by atoms with van der Waals surface area (Å²) in [4.78, 5) is -0.549. The highest BCUT2D eigenvalue weighted by Gasteiger charge is 2.34. The van der Waals surface area contributed by atoms with E-state index < -0.39 is 27.0 Å². The number of rotatable bonds is 4. The summed E-state index contributed by atoms with van der Waals surface area (Å²) in [5, 5.41) is 3.88.